The van der Waals surface area contributed by atoms with Crippen molar-refractivity contribution in [1.29, 1.82) is 0 Å². The maximum Gasteiger partial charge on any atom is 0.407 e. The molecular weight excluding hydrogens is 400 g/mol. The highest BCUT2D eigenvalue weighted by molar-refractivity contribution is 7.09. The van der Waals surface area contributed by atoms with Crippen molar-refractivity contribution in [2.45, 2.75) is 12.7 Å². The van der Waals surface area contributed by atoms with E-state index in [2.05, 4.69) is 10.3 Å². The molecule has 2 heterocycles. The lowest BCUT2D eigenvalue weighted by atomic mass is 10.2. The molecule has 0 aliphatic carbocycles. The number of aromatic nitrogens is 1. The van der Waals surface area contributed by atoms with Gasteiger partial charge in [0, 0.05) is 16.0 Å². The summed E-state index contributed by atoms with van der Waals surface area (Å²) >= 11 is 7.34. The normalized spacial score (nSPS) is 15.1. The first-order valence-electron chi connectivity index (χ1n) is 8.67. The van der Waals surface area contributed by atoms with Gasteiger partial charge in [-0.25, -0.2) is 9.78 Å². The molecule has 28 heavy (non-hydrogen) atoms. The first-order valence-corrected chi connectivity index (χ1v) is 9.92. The number of halogens is 1. The molecule has 3 aromatic rings. The molecule has 1 atom stereocenters. The lowest BCUT2D eigenvalue weighted by Crippen LogP contribution is -2.40. The minimum atomic E-state index is -0.522. The van der Waals surface area contributed by atoms with Gasteiger partial charge in [-0.1, -0.05) is 35.9 Å². The summed E-state index contributed by atoms with van der Waals surface area (Å²) in [4.78, 5) is 16.4. The van der Waals surface area contributed by atoms with Crippen molar-refractivity contribution >= 4 is 29.0 Å². The van der Waals surface area contributed by atoms with Crippen LogP contribution >= 0.6 is 22.9 Å². The van der Waals surface area contributed by atoms with Crippen molar-refractivity contribution in [3.63, 3.8) is 0 Å². The Morgan fingerprint density at radius 2 is 2.00 bits per heavy atom. The second-order valence-electron chi connectivity index (χ2n) is 6.09. The van der Waals surface area contributed by atoms with Gasteiger partial charge in [0.1, 0.15) is 18.2 Å². The molecule has 0 fully saturated rings. The van der Waals surface area contributed by atoms with Gasteiger partial charge >= 0.3 is 6.09 Å². The monoisotopic (exact) mass is 416 g/mol. The van der Waals surface area contributed by atoms with Crippen LogP contribution in [-0.4, -0.2) is 30.3 Å². The Balaban J connectivity index is 1.24. The summed E-state index contributed by atoms with van der Waals surface area (Å²) in [6.45, 7) is 0.768. The van der Waals surface area contributed by atoms with Gasteiger partial charge in [-0.15, -0.1) is 11.3 Å². The molecule has 0 bridgehead atoms. The molecule has 1 aliphatic rings. The number of alkyl carbamates (subject to hydrolysis) is 1. The summed E-state index contributed by atoms with van der Waals surface area (Å²) in [5.74, 6) is 1.38. The highest BCUT2D eigenvalue weighted by atomic mass is 35.5. The fourth-order valence-corrected chi connectivity index (χ4v) is 3.51. The number of nitrogens with zero attached hydrogens (tertiary/aromatic N) is 1. The number of para-hydroxylation sites is 2. The second kappa shape index (κ2) is 8.50. The van der Waals surface area contributed by atoms with Crippen molar-refractivity contribution < 1.29 is 19.0 Å². The maximum absolute atomic E-state index is 12.0. The van der Waals surface area contributed by atoms with E-state index in [0.29, 0.717) is 34.7 Å². The van der Waals surface area contributed by atoms with Crippen LogP contribution in [-0.2, 0) is 11.3 Å². The molecule has 4 rings (SSSR count). The summed E-state index contributed by atoms with van der Waals surface area (Å²) in [6.07, 6.45) is -0.787. The number of nitrogens with one attached hydrogen (secondary N) is 1. The van der Waals surface area contributed by atoms with Crippen molar-refractivity contribution in [2.75, 3.05) is 13.2 Å². The Morgan fingerprint density at radius 1 is 1.21 bits per heavy atom. The van der Waals surface area contributed by atoms with Crippen LogP contribution in [0.3, 0.4) is 0 Å². The highest BCUT2D eigenvalue weighted by Gasteiger charge is 2.21. The third kappa shape index (κ3) is 4.55. The largest absolute Gasteiger partial charge is 0.486 e. The van der Waals surface area contributed by atoms with Gasteiger partial charge in [-0.2, -0.15) is 0 Å². The molecule has 8 heteroatoms. The molecule has 1 aliphatic heterocycles. The fourth-order valence-electron chi connectivity index (χ4n) is 2.67. The number of carbonyl (C=O) groups excluding carboxylic acids is 1. The van der Waals surface area contributed by atoms with Crippen LogP contribution < -0.4 is 14.8 Å². The van der Waals surface area contributed by atoms with Gasteiger partial charge in [-0.3, -0.25) is 0 Å². The number of carbonyl (C=O) groups is 1. The molecule has 0 saturated carbocycles. The number of amides is 1. The van der Waals surface area contributed by atoms with E-state index in [0.717, 1.165) is 11.3 Å². The third-order valence-electron chi connectivity index (χ3n) is 4.06. The zero-order valence-corrected chi connectivity index (χ0v) is 16.3. The van der Waals surface area contributed by atoms with E-state index in [1.165, 1.54) is 11.3 Å². The van der Waals surface area contributed by atoms with Crippen LogP contribution in [0.4, 0.5) is 4.79 Å². The zero-order chi connectivity index (χ0) is 19.3. The van der Waals surface area contributed by atoms with Crippen LogP contribution in [0, 0.1) is 0 Å². The number of hydrogen-bond acceptors (Lipinski definition) is 6. The second-order valence-corrected chi connectivity index (χ2v) is 7.47. The quantitative estimate of drug-likeness (QED) is 0.661. The number of ether oxygens (including phenoxy) is 3. The Kier molecular flexibility index (Phi) is 5.64. The van der Waals surface area contributed by atoms with Crippen LogP contribution in [0.5, 0.6) is 11.5 Å². The van der Waals surface area contributed by atoms with E-state index < -0.39 is 6.09 Å². The Hall–Kier alpha value is -2.77. The highest BCUT2D eigenvalue weighted by Crippen LogP contribution is 2.30. The van der Waals surface area contributed by atoms with Gasteiger partial charge in [0.05, 0.1) is 12.2 Å². The lowest BCUT2D eigenvalue weighted by Gasteiger charge is -2.26. The van der Waals surface area contributed by atoms with Gasteiger partial charge in [0.2, 0.25) is 0 Å². The number of fused-ring (bicyclic) bond motifs is 1. The van der Waals surface area contributed by atoms with Crippen molar-refractivity contribution in [3.05, 3.63) is 63.9 Å². The third-order valence-corrected chi connectivity index (χ3v) is 5.13. The zero-order valence-electron chi connectivity index (χ0n) is 14.8. The van der Waals surface area contributed by atoms with Crippen LogP contribution in [0.15, 0.2) is 53.9 Å². The van der Waals surface area contributed by atoms with Crippen LogP contribution in [0.25, 0.3) is 11.3 Å². The minimum absolute atomic E-state index is 0.106. The van der Waals surface area contributed by atoms with E-state index in [9.17, 15) is 4.79 Å². The van der Waals surface area contributed by atoms with E-state index >= 15 is 0 Å². The molecule has 6 nitrogen and oxygen atoms in total. The lowest BCUT2D eigenvalue weighted by molar-refractivity contribution is 0.0847. The van der Waals surface area contributed by atoms with Crippen molar-refractivity contribution in [3.8, 4) is 22.8 Å². The Bertz CT molecular complexity index is 961. The molecule has 1 unspecified atom stereocenters. The number of rotatable bonds is 5. The Morgan fingerprint density at radius 3 is 2.82 bits per heavy atom. The predicted octanol–water partition coefficient (Wildman–Crippen LogP) is 4.53. The Labute approximate surface area is 171 Å². The summed E-state index contributed by atoms with van der Waals surface area (Å²) in [5, 5.41) is 6.01. The first-order chi connectivity index (χ1) is 13.7. The molecule has 0 saturated heterocycles. The van der Waals surface area contributed by atoms with Crippen LogP contribution in [0.2, 0.25) is 5.02 Å². The maximum atomic E-state index is 12.0. The predicted molar refractivity (Wildman–Crippen MR) is 107 cm³/mol. The number of benzene rings is 2. The van der Waals surface area contributed by atoms with Crippen molar-refractivity contribution in [1.82, 2.24) is 10.3 Å². The SMILES string of the molecule is O=C(NCC1COc2ccccc2O1)OCc1nc(-c2ccc(Cl)cc2)cs1. The molecule has 1 N–H and O–H groups in total. The molecule has 1 aromatic heterocycles. The molecule has 0 spiro atoms. The first kappa shape index (κ1) is 18.6. The molecule has 1 amide bonds. The van der Waals surface area contributed by atoms with Crippen molar-refractivity contribution in [2.24, 2.45) is 0 Å². The van der Waals surface area contributed by atoms with Gasteiger partial charge < -0.3 is 19.5 Å². The average Bonchev–Trinajstić information content (AvgIpc) is 3.20. The van der Waals surface area contributed by atoms with E-state index in [-0.39, 0.29) is 12.7 Å². The fraction of sp³-hybridized carbons (Fsp3) is 0.200. The van der Waals surface area contributed by atoms with E-state index in [1.807, 2.05) is 53.9 Å². The summed E-state index contributed by atoms with van der Waals surface area (Å²) < 4.78 is 16.6. The molecule has 2 aromatic carbocycles. The smallest absolute Gasteiger partial charge is 0.407 e. The minimum Gasteiger partial charge on any atom is -0.486 e. The van der Waals surface area contributed by atoms with Gasteiger partial charge in [0.15, 0.2) is 17.6 Å². The van der Waals surface area contributed by atoms with E-state index in [4.69, 9.17) is 25.8 Å². The molecule has 0 radical (unpaired) electrons. The topological polar surface area (TPSA) is 69.7 Å². The summed E-state index contributed by atoms with van der Waals surface area (Å²) in [6, 6.07) is 14.9. The molecule has 144 valence electrons. The van der Waals surface area contributed by atoms with Gasteiger partial charge in [-0.05, 0) is 24.3 Å². The van der Waals surface area contributed by atoms with Gasteiger partial charge in [0.25, 0.3) is 0 Å². The van der Waals surface area contributed by atoms with Crippen LogP contribution in [0.1, 0.15) is 5.01 Å². The number of hydrogen-bond donors (Lipinski definition) is 1. The standard InChI is InChI=1S/C20H17ClN2O4S/c21-14-7-5-13(6-8-14)16-12-28-19(23-16)11-26-20(24)22-9-15-10-25-17-3-1-2-4-18(17)27-15/h1-8,12,15H,9-11H2,(H,22,24). The average molecular weight is 417 g/mol. The number of thiazole rings is 1. The summed E-state index contributed by atoms with van der Waals surface area (Å²) in [7, 11) is 0. The van der Waals surface area contributed by atoms with E-state index in [1.54, 1.807) is 0 Å². The molecular formula is C20H17ClN2O4S. The summed E-state index contributed by atoms with van der Waals surface area (Å²) in [5.41, 5.74) is 1.79.